The monoisotopic (exact) mass is 478 g/mol. The van der Waals surface area contributed by atoms with E-state index in [0.29, 0.717) is 54.7 Å². The molecule has 1 fully saturated rings. The Morgan fingerprint density at radius 3 is 2.50 bits per heavy atom. The van der Waals surface area contributed by atoms with Crippen molar-refractivity contribution in [2.45, 2.75) is 18.8 Å². The number of rotatable bonds is 6. The van der Waals surface area contributed by atoms with Gasteiger partial charge in [-0.1, -0.05) is 29.8 Å². The SMILES string of the molecule is CS(=O)(=O)Cc1nc2ccccc2n1CC(=O)N1CCN(Cc2c(F)cccc2Cl)CC1. The van der Waals surface area contributed by atoms with E-state index in [1.807, 2.05) is 18.2 Å². The summed E-state index contributed by atoms with van der Waals surface area (Å²) < 4.78 is 39.5. The number of piperazine rings is 1. The van der Waals surface area contributed by atoms with Crippen molar-refractivity contribution in [3.8, 4) is 0 Å². The van der Waals surface area contributed by atoms with Crippen LogP contribution in [0.3, 0.4) is 0 Å². The number of imidazole rings is 1. The second-order valence-corrected chi connectivity index (χ2v) is 10.6. The van der Waals surface area contributed by atoms with Gasteiger partial charge < -0.3 is 9.47 Å². The van der Waals surface area contributed by atoms with Crippen LogP contribution in [0, 0.1) is 5.82 Å². The number of halogens is 2. The largest absolute Gasteiger partial charge is 0.339 e. The van der Waals surface area contributed by atoms with Crippen molar-refractivity contribution in [2.24, 2.45) is 0 Å². The summed E-state index contributed by atoms with van der Waals surface area (Å²) in [5.74, 6) is -0.311. The molecule has 0 atom stereocenters. The molecule has 0 aliphatic carbocycles. The van der Waals surface area contributed by atoms with Gasteiger partial charge >= 0.3 is 0 Å². The minimum absolute atomic E-state index is 0.0184. The van der Waals surface area contributed by atoms with Crippen LogP contribution in [-0.2, 0) is 33.5 Å². The number of amides is 1. The van der Waals surface area contributed by atoms with Crippen LogP contribution in [0.4, 0.5) is 4.39 Å². The number of carbonyl (C=O) groups is 1. The number of hydrogen-bond donors (Lipinski definition) is 0. The van der Waals surface area contributed by atoms with Crippen molar-refractivity contribution >= 4 is 38.4 Å². The summed E-state index contributed by atoms with van der Waals surface area (Å²) in [6, 6.07) is 11.9. The maximum Gasteiger partial charge on any atom is 0.242 e. The van der Waals surface area contributed by atoms with E-state index in [1.54, 1.807) is 27.7 Å². The molecule has 0 unspecified atom stereocenters. The zero-order valence-corrected chi connectivity index (χ0v) is 19.2. The minimum atomic E-state index is -3.31. The van der Waals surface area contributed by atoms with Crippen LogP contribution < -0.4 is 0 Å². The zero-order chi connectivity index (χ0) is 22.9. The van der Waals surface area contributed by atoms with Gasteiger partial charge in [0.1, 0.15) is 23.9 Å². The van der Waals surface area contributed by atoms with Crippen LogP contribution in [0.15, 0.2) is 42.5 Å². The molecule has 0 radical (unpaired) electrons. The van der Waals surface area contributed by atoms with E-state index >= 15 is 0 Å². The van der Waals surface area contributed by atoms with Gasteiger partial charge in [0.2, 0.25) is 5.91 Å². The molecule has 1 aromatic heterocycles. The molecule has 1 aliphatic heterocycles. The number of para-hydroxylation sites is 2. The summed E-state index contributed by atoms with van der Waals surface area (Å²) in [7, 11) is -3.31. The predicted molar refractivity (Wildman–Crippen MR) is 122 cm³/mol. The fourth-order valence-electron chi connectivity index (χ4n) is 3.94. The Morgan fingerprint density at radius 2 is 1.81 bits per heavy atom. The molecule has 10 heteroatoms. The van der Waals surface area contributed by atoms with Crippen LogP contribution in [0.1, 0.15) is 11.4 Å². The summed E-state index contributed by atoms with van der Waals surface area (Å²) in [4.78, 5) is 21.3. The number of benzene rings is 2. The van der Waals surface area contributed by atoms with Crippen molar-refractivity contribution in [3.05, 3.63) is 64.7 Å². The van der Waals surface area contributed by atoms with E-state index in [0.717, 1.165) is 11.8 Å². The fourth-order valence-corrected chi connectivity index (χ4v) is 4.86. The highest BCUT2D eigenvalue weighted by Gasteiger charge is 2.24. The molecule has 170 valence electrons. The first-order valence-electron chi connectivity index (χ1n) is 10.3. The third-order valence-corrected chi connectivity index (χ3v) is 6.72. The van der Waals surface area contributed by atoms with Gasteiger partial charge in [0.05, 0.1) is 11.0 Å². The normalized spacial score (nSPS) is 15.4. The molecule has 7 nitrogen and oxygen atoms in total. The maximum atomic E-state index is 14.1. The van der Waals surface area contributed by atoms with E-state index in [-0.39, 0.29) is 24.0 Å². The molecule has 0 saturated carbocycles. The summed E-state index contributed by atoms with van der Waals surface area (Å²) >= 11 is 6.13. The second-order valence-electron chi connectivity index (χ2n) is 8.03. The van der Waals surface area contributed by atoms with Crippen LogP contribution in [0.25, 0.3) is 11.0 Å². The standard InChI is InChI=1S/C22H24ClFN4O3S/c1-32(30,31)15-21-25-19-7-2-3-8-20(19)28(21)14-22(29)27-11-9-26(10-12-27)13-16-17(23)5-4-6-18(16)24/h2-8H,9-15H2,1H3. The average molecular weight is 479 g/mol. The molecule has 3 aromatic rings. The Hall–Kier alpha value is -2.49. The maximum absolute atomic E-state index is 14.1. The van der Waals surface area contributed by atoms with E-state index in [4.69, 9.17) is 11.6 Å². The van der Waals surface area contributed by atoms with Gasteiger partial charge in [0.15, 0.2) is 9.84 Å². The van der Waals surface area contributed by atoms with Crippen LogP contribution in [0.5, 0.6) is 0 Å². The van der Waals surface area contributed by atoms with Crippen LogP contribution >= 0.6 is 11.6 Å². The van der Waals surface area contributed by atoms with Crippen molar-refractivity contribution in [1.82, 2.24) is 19.4 Å². The van der Waals surface area contributed by atoms with Crippen molar-refractivity contribution in [2.75, 3.05) is 32.4 Å². The zero-order valence-electron chi connectivity index (χ0n) is 17.7. The number of hydrogen-bond acceptors (Lipinski definition) is 5. The molecule has 4 rings (SSSR count). The van der Waals surface area contributed by atoms with Gasteiger partial charge in [-0.05, 0) is 24.3 Å². The molecule has 2 aromatic carbocycles. The molecule has 1 amide bonds. The third kappa shape index (κ3) is 5.11. The summed E-state index contributed by atoms with van der Waals surface area (Å²) in [6.07, 6.45) is 1.15. The summed E-state index contributed by atoms with van der Waals surface area (Å²) in [5.41, 5.74) is 1.85. The first-order chi connectivity index (χ1) is 15.2. The Labute approximate surface area is 191 Å². The van der Waals surface area contributed by atoms with Crippen molar-refractivity contribution < 1.29 is 17.6 Å². The third-order valence-electron chi connectivity index (χ3n) is 5.59. The molecule has 2 heterocycles. The molecular weight excluding hydrogens is 455 g/mol. The van der Waals surface area contributed by atoms with E-state index in [9.17, 15) is 17.6 Å². The lowest BCUT2D eigenvalue weighted by molar-refractivity contribution is -0.133. The summed E-state index contributed by atoms with van der Waals surface area (Å²) in [5, 5.41) is 0.397. The van der Waals surface area contributed by atoms with Gasteiger partial charge in [0, 0.05) is 49.6 Å². The number of aromatic nitrogens is 2. The molecule has 0 N–H and O–H groups in total. The molecule has 32 heavy (non-hydrogen) atoms. The lowest BCUT2D eigenvalue weighted by atomic mass is 10.2. The topological polar surface area (TPSA) is 75.5 Å². The number of carbonyl (C=O) groups excluding carboxylic acids is 1. The van der Waals surface area contributed by atoms with Gasteiger partial charge in [-0.25, -0.2) is 17.8 Å². The molecular formula is C22H24ClFN4O3S. The van der Waals surface area contributed by atoms with Gasteiger partial charge in [-0.3, -0.25) is 9.69 Å². The summed E-state index contributed by atoms with van der Waals surface area (Å²) in [6.45, 7) is 2.59. The molecule has 1 saturated heterocycles. The van der Waals surface area contributed by atoms with Crippen molar-refractivity contribution in [1.29, 1.82) is 0 Å². The number of nitrogens with zero attached hydrogens (tertiary/aromatic N) is 4. The molecule has 0 bridgehead atoms. The number of sulfone groups is 1. The van der Waals surface area contributed by atoms with E-state index < -0.39 is 9.84 Å². The van der Waals surface area contributed by atoms with Gasteiger partial charge in [-0.15, -0.1) is 0 Å². The Bertz CT molecular complexity index is 1230. The fraction of sp³-hybridized carbons (Fsp3) is 0.364. The van der Waals surface area contributed by atoms with E-state index in [1.165, 1.54) is 6.07 Å². The average Bonchev–Trinajstić information content (AvgIpc) is 3.06. The van der Waals surface area contributed by atoms with E-state index in [2.05, 4.69) is 9.88 Å². The quantitative estimate of drug-likeness (QED) is 0.544. The predicted octanol–water partition coefficient (Wildman–Crippen LogP) is 2.72. The minimum Gasteiger partial charge on any atom is -0.339 e. The Kier molecular flexibility index (Phi) is 6.50. The van der Waals surface area contributed by atoms with Gasteiger partial charge in [0.25, 0.3) is 0 Å². The first kappa shape index (κ1) is 22.7. The molecule has 1 aliphatic rings. The Morgan fingerprint density at radius 1 is 1.09 bits per heavy atom. The lowest BCUT2D eigenvalue weighted by Crippen LogP contribution is -2.49. The second kappa shape index (κ2) is 9.17. The lowest BCUT2D eigenvalue weighted by Gasteiger charge is -2.35. The highest BCUT2D eigenvalue weighted by Crippen LogP contribution is 2.22. The smallest absolute Gasteiger partial charge is 0.242 e. The highest BCUT2D eigenvalue weighted by molar-refractivity contribution is 7.89. The number of fused-ring (bicyclic) bond motifs is 1. The van der Waals surface area contributed by atoms with Gasteiger partial charge in [-0.2, -0.15) is 0 Å². The molecule has 0 spiro atoms. The van der Waals surface area contributed by atoms with Crippen LogP contribution in [0.2, 0.25) is 5.02 Å². The Balaban J connectivity index is 1.44. The van der Waals surface area contributed by atoms with Crippen LogP contribution in [-0.4, -0.2) is 66.1 Å². The van der Waals surface area contributed by atoms with Crippen molar-refractivity contribution in [3.63, 3.8) is 0 Å². The first-order valence-corrected chi connectivity index (χ1v) is 12.7. The highest BCUT2D eigenvalue weighted by atomic mass is 35.5.